The number of ether oxygens (including phenoxy) is 3. The fourth-order valence-corrected chi connectivity index (χ4v) is 2.44. The Morgan fingerprint density at radius 2 is 1.83 bits per heavy atom. The Morgan fingerprint density at radius 1 is 1.13 bits per heavy atom. The van der Waals surface area contributed by atoms with E-state index in [1.54, 1.807) is 18.2 Å². The zero-order valence-corrected chi connectivity index (χ0v) is 16.2. The van der Waals surface area contributed by atoms with Crippen LogP contribution in [0.2, 0.25) is 0 Å². The minimum Gasteiger partial charge on any atom is -0.493 e. The van der Waals surface area contributed by atoms with Gasteiger partial charge in [0.15, 0.2) is 18.1 Å². The highest BCUT2D eigenvalue weighted by atomic mass is 19.3. The van der Waals surface area contributed by atoms with Gasteiger partial charge in [-0.1, -0.05) is 6.07 Å². The second kappa shape index (κ2) is 9.63. The molecule has 2 aromatic rings. The highest BCUT2D eigenvalue weighted by Gasteiger charge is 2.27. The van der Waals surface area contributed by atoms with E-state index < -0.39 is 47.0 Å². The van der Waals surface area contributed by atoms with Gasteiger partial charge in [0.2, 0.25) is 0 Å². The van der Waals surface area contributed by atoms with Crippen molar-refractivity contribution in [2.75, 3.05) is 19.0 Å². The number of halogens is 2. The number of methoxy groups -OCH3 is 1. The van der Waals surface area contributed by atoms with E-state index in [1.807, 2.05) is 13.8 Å². The first-order valence-electron chi connectivity index (χ1n) is 8.47. The predicted molar refractivity (Wildman–Crippen MR) is 101 cm³/mol. The molecular weight excluding hydrogens is 406 g/mol. The van der Waals surface area contributed by atoms with Gasteiger partial charge in [0.25, 0.3) is 11.6 Å². The molecule has 9 nitrogen and oxygen atoms in total. The third kappa shape index (κ3) is 5.63. The first kappa shape index (κ1) is 22.5. The Morgan fingerprint density at radius 3 is 2.40 bits per heavy atom. The van der Waals surface area contributed by atoms with Crippen LogP contribution in [0.4, 0.5) is 20.2 Å². The number of carbonyl (C=O) groups is 2. The zero-order valence-electron chi connectivity index (χ0n) is 16.2. The molecule has 0 atom stereocenters. The van der Waals surface area contributed by atoms with Crippen molar-refractivity contribution in [3.8, 4) is 11.5 Å². The Labute approximate surface area is 169 Å². The van der Waals surface area contributed by atoms with Crippen LogP contribution in [0.1, 0.15) is 21.5 Å². The molecule has 0 radical (unpaired) electrons. The van der Waals surface area contributed by atoms with Crippen molar-refractivity contribution >= 4 is 23.3 Å². The monoisotopic (exact) mass is 424 g/mol. The predicted octanol–water partition coefficient (Wildman–Crippen LogP) is 3.62. The second-order valence-corrected chi connectivity index (χ2v) is 6.08. The maximum absolute atomic E-state index is 12.5. The molecule has 11 heteroatoms. The number of nitrogens with zero attached hydrogens (tertiary/aromatic N) is 1. The minimum atomic E-state index is -3.26. The van der Waals surface area contributed by atoms with Gasteiger partial charge in [-0.2, -0.15) is 8.78 Å². The molecule has 30 heavy (non-hydrogen) atoms. The Balaban J connectivity index is 2.15. The average Bonchev–Trinajstić information content (AvgIpc) is 2.68. The summed E-state index contributed by atoms with van der Waals surface area (Å²) in [7, 11) is 1.10. The summed E-state index contributed by atoms with van der Waals surface area (Å²) in [5.41, 5.74) is 1.03. The molecule has 0 unspecified atom stereocenters. The molecule has 2 rings (SSSR count). The Hall–Kier alpha value is -3.76. The summed E-state index contributed by atoms with van der Waals surface area (Å²) in [5, 5.41) is 13.8. The highest BCUT2D eigenvalue weighted by Crippen LogP contribution is 2.36. The lowest BCUT2D eigenvalue weighted by Crippen LogP contribution is -2.21. The number of nitro benzene ring substituents is 1. The molecule has 2 aromatic carbocycles. The molecule has 0 spiro atoms. The number of nitro groups is 1. The van der Waals surface area contributed by atoms with Gasteiger partial charge in [0.1, 0.15) is 5.56 Å². The molecule has 0 heterocycles. The van der Waals surface area contributed by atoms with E-state index in [0.29, 0.717) is 11.8 Å². The van der Waals surface area contributed by atoms with Crippen LogP contribution in [0.15, 0.2) is 30.3 Å². The minimum absolute atomic E-state index is 0.340. The molecule has 0 aliphatic carbocycles. The van der Waals surface area contributed by atoms with Gasteiger partial charge < -0.3 is 19.5 Å². The van der Waals surface area contributed by atoms with Gasteiger partial charge in [0.05, 0.1) is 18.1 Å². The van der Waals surface area contributed by atoms with Crippen LogP contribution < -0.4 is 14.8 Å². The van der Waals surface area contributed by atoms with Crippen LogP contribution >= 0.6 is 0 Å². The van der Waals surface area contributed by atoms with E-state index in [2.05, 4.69) is 10.1 Å². The van der Waals surface area contributed by atoms with Crippen molar-refractivity contribution in [2.45, 2.75) is 20.5 Å². The molecule has 0 fully saturated rings. The molecule has 0 aliphatic heterocycles. The SMILES string of the molecule is COc1cc(C(=O)OCC(=O)Nc2ccc(C)c(C)c2)c([N+](=O)[O-])cc1OC(F)F. The molecule has 1 N–H and O–H groups in total. The third-order valence-corrected chi connectivity index (χ3v) is 4.04. The van der Waals surface area contributed by atoms with Gasteiger partial charge in [-0.05, 0) is 37.1 Å². The van der Waals surface area contributed by atoms with E-state index in [4.69, 9.17) is 9.47 Å². The molecule has 0 saturated carbocycles. The summed E-state index contributed by atoms with van der Waals surface area (Å²) in [5.74, 6) is -2.84. The largest absolute Gasteiger partial charge is 0.493 e. The molecule has 0 aromatic heterocycles. The van der Waals surface area contributed by atoms with Crippen LogP contribution in [-0.4, -0.2) is 37.1 Å². The lowest BCUT2D eigenvalue weighted by Gasteiger charge is -2.12. The lowest BCUT2D eigenvalue weighted by atomic mass is 10.1. The van der Waals surface area contributed by atoms with E-state index >= 15 is 0 Å². The molecule has 0 aliphatic rings. The maximum atomic E-state index is 12.5. The molecule has 160 valence electrons. The van der Waals surface area contributed by atoms with Gasteiger partial charge in [0, 0.05) is 11.8 Å². The van der Waals surface area contributed by atoms with Gasteiger partial charge in [-0.15, -0.1) is 0 Å². The van der Waals surface area contributed by atoms with E-state index in [-0.39, 0.29) is 5.75 Å². The first-order valence-corrected chi connectivity index (χ1v) is 8.47. The Kier molecular flexibility index (Phi) is 7.23. The van der Waals surface area contributed by atoms with Crippen molar-refractivity contribution in [3.63, 3.8) is 0 Å². The normalized spacial score (nSPS) is 10.5. The van der Waals surface area contributed by atoms with Gasteiger partial charge in [-0.25, -0.2) is 4.79 Å². The van der Waals surface area contributed by atoms with E-state index in [1.165, 1.54) is 0 Å². The third-order valence-electron chi connectivity index (χ3n) is 4.04. The number of nitrogens with one attached hydrogen (secondary N) is 1. The van der Waals surface area contributed by atoms with E-state index in [9.17, 15) is 28.5 Å². The first-order chi connectivity index (χ1) is 14.1. The topological polar surface area (TPSA) is 117 Å². The quantitative estimate of drug-likeness (QED) is 0.391. The van der Waals surface area contributed by atoms with Crippen LogP contribution in [0.5, 0.6) is 11.5 Å². The number of benzene rings is 2. The number of hydrogen-bond acceptors (Lipinski definition) is 7. The number of carbonyl (C=O) groups excluding carboxylic acids is 2. The number of rotatable bonds is 8. The van der Waals surface area contributed by atoms with Crippen LogP contribution in [0, 0.1) is 24.0 Å². The number of aryl methyl sites for hydroxylation is 2. The van der Waals surface area contributed by atoms with Crippen molar-refractivity contribution in [1.82, 2.24) is 0 Å². The van der Waals surface area contributed by atoms with Gasteiger partial charge >= 0.3 is 12.6 Å². The van der Waals surface area contributed by atoms with Crippen LogP contribution in [0.3, 0.4) is 0 Å². The maximum Gasteiger partial charge on any atom is 0.387 e. The lowest BCUT2D eigenvalue weighted by molar-refractivity contribution is -0.385. The smallest absolute Gasteiger partial charge is 0.387 e. The summed E-state index contributed by atoms with van der Waals surface area (Å²) >= 11 is 0. The van der Waals surface area contributed by atoms with E-state index in [0.717, 1.165) is 24.3 Å². The molecular formula is C19H18F2N2O7. The van der Waals surface area contributed by atoms with Gasteiger partial charge in [-0.3, -0.25) is 14.9 Å². The molecule has 0 bridgehead atoms. The number of anilines is 1. The number of hydrogen-bond donors (Lipinski definition) is 1. The van der Waals surface area contributed by atoms with Crippen molar-refractivity contribution in [3.05, 3.63) is 57.1 Å². The number of esters is 1. The number of alkyl halides is 2. The zero-order chi connectivity index (χ0) is 22.4. The Bertz CT molecular complexity index is 980. The van der Waals surface area contributed by atoms with Crippen LogP contribution in [0.25, 0.3) is 0 Å². The molecule has 0 saturated heterocycles. The average molecular weight is 424 g/mol. The summed E-state index contributed by atoms with van der Waals surface area (Å²) in [6, 6.07) is 6.65. The standard InChI is InChI=1S/C19H18F2N2O7/c1-10-4-5-12(6-11(10)2)22-17(24)9-29-18(25)13-7-15(28-3)16(30-19(20)21)8-14(13)23(26)27/h4-8,19H,9H2,1-3H3,(H,22,24). The highest BCUT2D eigenvalue weighted by molar-refractivity contribution is 5.98. The molecule has 1 amide bonds. The van der Waals surface area contributed by atoms with Crippen LogP contribution in [-0.2, 0) is 9.53 Å². The van der Waals surface area contributed by atoms with Crippen molar-refractivity contribution < 1.29 is 37.5 Å². The van der Waals surface area contributed by atoms with Crippen molar-refractivity contribution in [1.29, 1.82) is 0 Å². The number of amides is 1. The summed E-state index contributed by atoms with van der Waals surface area (Å²) in [6.45, 7) is -0.216. The summed E-state index contributed by atoms with van der Waals surface area (Å²) < 4.78 is 38.8. The fourth-order valence-electron chi connectivity index (χ4n) is 2.44. The fraction of sp³-hybridized carbons (Fsp3) is 0.263. The summed E-state index contributed by atoms with van der Waals surface area (Å²) in [4.78, 5) is 34.6. The van der Waals surface area contributed by atoms with Crippen molar-refractivity contribution in [2.24, 2.45) is 0 Å². The summed E-state index contributed by atoms with van der Waals surface area (Å²) in [6.07, 6.45) is 0. The second-order valence-electron chi connectivity index (χ2n) is 6.08.